The van der Waals surface area contributed by atoms with Gasteiger partial charge in [-0.2, -0.15) is 0 Å². The number of hydrogen-bond donors (Lipinski definition) is 2. The number of anilines is 2. The Labute approximate surface area is 198 Å². The molecule has 1 heterocycles. The zero-order valence-corrected chi connectivity index (χ0v) is 20.4. The Morgan fingerprint density at radius 1 is 1.15 bits per heavy atom. The van der Waals surface area contributed by atoms with Crippen LogP contribution >= 0.6 is 11.3 Å². The number of rotatable bonds is 10. The first-order chi connectivity index (χ1) is 15.8. The molecule has 174 valence electrons. The van der Waals surface area contributed by atoms with E-state index in [0.717, 1.165) is 16.3 Å². The number of amides is 1. The van der Waals surface area contributed by atoms with Gasteiger partial charge in [0.25, 0.3) is 0 Å². The van der Waals surface area contributed by atoms with Crippen LogP contribution < -0.4 is 14.8 Å². The Bertz CT molecular complexity index is 1250. The van der Waals surface area contributed by atoms with E-state index in [9.17, 15) is 13.2 Å². The molecular formula is C24H27N3O4S2. The Kier molecular flexibility index (Phi) is 8.24. The zero-order valence-electron chi connectivity index (χ0n) is 18.8. The lowest BCUT2D eigenvalue weighted by Gasteiger charge is -2.13. The smallest absolute Gasteiger partial charge is 0.248 e. The van der Waals surface area contributed by atoms with Crippen LogP contribution in [0.4, 0.5) is 11.4 Å². The van der Waals surface area contributed by atoms with E-state index in [0.29, 0.717) is 35.7 Å². The van der Waals surface area contributed by atoms with Crippen LogP contribution in [0.2, 0.25) is 0 Å². The minimum atomic E-state index is -3.42. The van der Waals surface area contributed by atoms with Crippen LogP contribution in [-0.2, 0) is 21.4 Å². The molecule has 0 aliphatic heterocycles. The molecule has 0 fully saturated rings. The summed E-state index contributed by atoms with van der Waals surface area (Å²) in [7, 11) is -3.42. The third kappa shape index (κ3) is 7.44. The highest BCUT2D eigenvalue weighted by Gasteiger charge is 2.13. The van der Waals surface area contributed by atoms with Crippen molar-refractivity contribution in [2.45, 2.75) is 33.8 Å². The van der Waals surface area contributed by atoms with Crippen LogP contribution in [0.3, 0.4) is 0 Å². The number of carbonyl (C=O) groups excluding carboxylic acids is 1. The molecule has 0 radical (unpaired) electrons. The van der Waals surface area contributed by atoms with E-state index < -0.39 is 10.0 Å². The normalized spacial score (nSPS) is 11.5. The molecule has 7 nitrogen and oxygen atoms in total. The summed E-state index contributed by atoms with van der Waals surface area (Å²) in [6, 6.07) is 12.5. The first kappa shape index (κ1) is 24.5. The van der Waals surface area contributed by atoms with Crippen LogP contribution in [-0.4, -0.2) is 25.1 Å². The average Bonchev–Trinajstić information content (AvgIpc) is 3.19. The predicted octanol–water partition coefficient (Wildman–Crippen LogP) is 5.14. The van der Waals surface area contributed by atoms with Crippen LogP contribution in [0.1, 0.15) is 35.2 Å². The lowest BCUT2D eigenvalue weighted by molar-refractivity contribution is -0.111. The van der Waals surface area contributed by atoms with Crippen molar-refractivity contribution in [3.63, 3.8) is 0 Å². The van der Waals surface area contributed by atoms with Crippen molar-refractivity contribution in [1.29, 1.82) is 0 Å². The van der Waals surface area contributed by atoms with Crippen molar-refractivity contribution >= 4 is 44.7 Å². The maximum atomic E-state index is 12.5. The van der Waals surface area contributed by atoms with Crippen molar-refractivity contribution in [1.82, 2.24) is 4.98 Å². The number of aryl methyl sites for hydroxylation is 1. The van der Waals surface area contributed by atoms with E-state index >= 15 is 0 Å². The molecule has 3 aromatic rings. The van der Waals surface area contributed by atoms with Crippen molar-refractivity contribution < 1.29 is 17.9 Å². The minimum Gasteiger partial charge on any atom is -0.487 e. The summed E-state index contributed by atoms with van der Waals surface area (Å²) >= 11 is 1.58. The Morgan fingerprint density at radius 2 is 1.91 bits per heavy atom. The first-order valence-corrected chi connectivity index (χ1v) is 13.0. The molecule has 0 atom stereocenters. The average molecular weight is 486 g/mol. The lowest BCUT2D eigenvalue weighted by Crippen LogP contribution is -2.17. The third-order valence-electron chi connectivity index (χ3n) is 4.67. The molecule has 0 saturated carbocycles. The second-order valence-electron chi connectivity index (χ2n) is 7.44. The van der Waals surface area contributed by atoms with Crippen LogP contribution in [0, 0.1) is 13.8 Å². The maximum absolute atomic E-state index is 12.5. The second-order valence-corrected chi connectivity index (χ2v) is 10.3. The highest BCUT2D eigenvalue weighted by molar-refractivity contribution is 7.92. The zero-order chi connectivity index (χ0) is 23.8. The molecule has 0 aliphatic carbocycles. The summed E-state index contributed by atoms with van der Waals surface area (Å²) in [5.74, 6) is 0.403. The fraction of sp³-hybridized carbons (Fsp3) is 0.250. The third-order valence-corrected chi connectivity index (χ3v) is 6.97. The molecule has 1 amide bonds. The van der Waals surface area contributed by atoms with Gasteiger partial charge in [-0.3, -0.25) is 9.52 Å². The standard InChI is InChI=1S/C24H27N3O4S2/c1-4-13-33(29,30)27-23-10-6-9-22(17(23)2)26-24(28)12-11-19-7-5-8-21(14-19)31-15-20-16-32-18(3)25-20/h5-12,14,16,27H,4,13,15H2,1-3H3,(H,26,28)/b12-11+. The molecule has 9 heteroatoms. The monoisotopic (exact) mass is 485 g/mol. The molecule has 2 N–H and O–H groups in total. The van der Waals surface area contributed by atoms with Gasteiger partial charge in [-0.25, -0.2) is 13.4 Å². The molecule has 33 heavy (non-hydrogen) atoms. The van der Waals surface area contributed by atoms with E-state index in [2.05, 4.69) is 15.0 Å². The van der Waals surface area contributed by atoms with E-state index in [-0.39, 0.29) is 11.7 Å². The molecule has 0 spiro atoms. The summed E-state index contributed by atoms with van der Waals surface area (Å²) in [4.78, 5) is 16.8. The summed E-state index contributed by atoms with van der Waals surface area (Å²) in [5, 5.41) is 5.77. The van der Waals surface area contributed by atoms with E-state index in [1.807, 2.05) is 36.6 Å². The summed E-state index contributed by atoms with van der Waals surface area (Å²) in [6.45, 7) is 5.90. The Balaban J connectivity index is 1.62. The van der Waals surface area contributed by atoms with Gasteiger partial charge in [-0.1, -0.05) is 25.1 Å². The van der Waals surface area contributed by atoms with Gasteiger partial charge in [0, 0.05) is 17.1 Å². The van der Waals surface area contributed by atoms with Gasteiger partial charge < -0.3 is 10.1 Å². The number of aromatic nitrogens is 1. The van der Waals surface area contributed by atoms with E-state index in [1.54, 1.807) is 49.5 Å². The van der Waals surface area contributed by atoms with E-state index in [1.165, 1.54) is 6.08 Å². The number of hydrogen-bond acceptors (Lipinski definition) is 6. The SMILES string of the molecule is CCCS(=O)(=O)Nc1cccc(NC(=O)/C=C/c2cccc(OCc3csc(C)n3)c2)c1C. The number of nitrogens with one attached hydrogen (secondary N) is 2. The van der Waals surface area contributed by atoms with Crippen LogP contribution in [0.5, 0.6) is 5.75 Å². The fourth-order valence-electron chi connectivity index (χ4n) is 3.06. The number of thiazole rings is 1. The second kappa shape index (κ2) is 11.1. The van der Waals surface area contributed by atoms with Crippen molar-refractivity contribution in [2.24, 2.45) is 0 Å². The van der Waals surface area contributed by atoms with Gasteiger partial charge in [0.05, 0.1) is 22.1 Å². The summed E-state index contributed by atoms with van der Waals surface area (Å²) < 4.78 is 32.5. The highest BCUT2D eigenvalue weighted by atomic mass is 32.2. The number of sulfonamides is 1. The van der Waals surface area contributed by atoms with E-state index in [4.69, 9.17) is 4.74 Å². The molecule has 3 rings (SSSR count). The molecule has 0 bridgehead atoms. The van der Waals surface area contributed by atoms with Gasteiger partial charge in [0.2, 0.25) is 15.9 Å². The maximum Gasteiger partial charge on any atom is 0.248 e. The van der Waals surface area contributed by atoms with Gasteiger partial charge in [0.1, 0.15) is 12.4 Å². The Morgan fingerprint density at radius 3 is 2.64 bits per heavy atom. The largest absolute Gasteiger partial charge is 0.487 e. The lowest BCUT2D eigenvalue weighted by atomic mass is 10.1. The molecule has 2 aromatic carbocycles. The molecule has 0 aliphatic rings. The molecule has 1 aromatic heterocycles. The predicted molar refractivity (Wildman–Crippen MR) is 134 cm³/mol. The topological polar surface area (TPSA) is 97.4 Å². The Hall–Kier alpha value is -3.17. The van der Waals surface area contributed by atoms with Gasteiger partial charge in [-0.05, 0) is 61.7 Å². The quantitative estimate of drug-likeness (QED) is 0.388. The number of ether oxygens (including phenoxy) is 1. The minimum absolute atomic E-state index is 0.0396. The fourth-order valence-corrected chi connectivity index (χ4v) is 4.85. The summed E-state index contributed by atoms with van der Waals surface area (Å²) in [5.41, 5.74) is 3.33. The summed E-state index contributed by atoms with van der Waals surface area (Å²) in [6.07, 6.45) is 3.64. The van der Waals surface area contributed by atoms with Gasteiger partial charge in [0.15, 0.2) is 0 Å². The van der Waals surface area contributed by atoms with Crippen LogP contribution in [0.25, 0.3) is 6.08 Å². The van der Waals surface area contributed by atoms with Crippen LogP contribution in [0.15, 0.2) is 53.9 Å². The van der Waals surface area contributed by atoms with Gasteiger partial charge >= 0.3 is 0 Å². The first-order valence-electron chi connectivity index (χ1n) is 10.5. The van der Waals surface area contributed by atoms with Crippen molar-refractivity contribution in [2.75, 3.05) is 15.8 Å². The molecule has 0 unspecified atom stereocenters. The number of nitrogens with zero attached hydrogens (tertiary/aromatic N) is 1. The number of carbonyl (C=O) groups is 1. The molecule has 0 saturated heterocycles. The highest BCUT2D eigenvalue weighted by Crippen LogP contribution is 2.24. The van der Waals surface area contributed by atoms with Crippen molar-refractivity contribution in [3.8, 4) is 5.75 Å². The number of benzene rings is 2. The van der Waals surface area contributed by atoms with Gasteiger partial charge in [-0.15, -0.1) is 11.3 Å². The molecular weight excluding hydrogens is 458 g/mol. The van der Waals surface area contributed by atoms with Crippen molar-refractivity contribution in [3.05, 3.63) is 75.7 Å².